The highest BCUT2D eigenvalue weighted by Gasteiger charge is 2.32. The van der Waals surface area contributed by atoms with Gasteiger partial charge in [-0.25, -0.2) is 0 Å². The first-order chi connectivity index (χ1) is 15.5. The number of aryl methyl sites for hydroxylation is 2. The average Bonchev–Trinajstić information content (AvgIpc) is 3.44. The fourth-order valence-corrected chi connectivity index (χ4v) is 4.69. The van der Waals surface area contributed by atoms with Crippen molar-refractivity contribution >= 4 is 22.6 Å². The van der Waals surface area contributed by atoms with E-state index in [4.69, 9.17) is 0 Å². The molecule has 0 radical (unpaired) electrons. The summed E-state index contributed by atoms with van der Waals surface area (Å²) in [6.07, 6.45) is 7.77. The molecule has 3 aromatic heterocycles. The number of nitrogens with zero attached hydrogens (tertiary/aromatic N) is 4. The second kappa shape index (κ2) is 8.04. The van der Waals surface area contributed by atoms with Gasteiger partial charge in [0, 0.05) is 67.3 Å². The molecule has 0 saturated carbocycles. The van der Waals surface area contributed by atoms with Gasteiger partial charge in [0.25, 0.3) is 5.91 Å². The molecular formula is C26H24N4O2. The minimum absolute atomic E-state index is 0.134. The predicted molar refractivity (Wildman–Crippen MR) is 123 cm³/mol. The molecule has 1 amide bonds. The topological polar surface area (TPSA) is 68.1 Å². The fraction of sp³-hybridized carbons (Fsp3) is 0.231. The number of benzene rings is 1. The van der Waals surface area contributed by atoms with E-state index in [-0.39, 0.29) is 23.3 Å². The SMILES string of the molecule is Cc1ccnc(C(=O)c2cccnc2)c1C(=O)N1CCC(c2cn(C)c3ccccc23)C1. The highest BCUT2D eigenvalue weighted by Crippen LogP contribution is 2.34. The van der Waals surface area contributed by atoms with Crippen molar-refractivity contribution in [1.29, 1.82) is 0 Å². The van der Waals surface area contributed by atoms with Crippen molar-refractivity contribution in [3.05, 3.63) is 95.2 Å². The molecule has 1 aliphatic rings. The van der Waals surface area contributed by atoms with Crippen LogP contribution in [0.15, 0.2) is 67.3 Å². The maximum absolute atomic E-state index is 13.6. The third kappa shape index (κ3) is 3.38. The molecule has 6 heteroatoms. The lowest BCUT2D eigenvalue weighted by Gasteiger charge is -2.19. The van der Waals surface area contributed by atoms with Crippen LogP contribution in [0, 0.1) is 6.92 Å². The summed E-state index contributed by atoms with van der Waals surface area (Å²) < 4.78 is 2.14. The van der Waals surface area contributed by atoms with Crippen LogP contribution in [0.3, 0.4) is 0 Å². The second-order valence-corrected chi connectivity index (χ2v) is 8.37. The molecule has 1 atom stereocenters. The maximum Gasteiger partial charge on any atom is 0.256 e. The van der Waals surface area contributed by atoms with Crippen LogP contribution in [0.5, 0.6) is 0 Å². The van der Waals surface area contributed by atoms with E-state index in [1.807, 2.05) is 17.9 Å². The molecule has 0 N–H and O–H groups in total. The molecular weight excluding hydrogens is 400 g/mol. The minimum atomic E-state index is -0.282. The van der Waals surface area contributed by atoms with Crippen LogP contribution in [-0.4, -0.2) is 44.2 Å². The summed E-state index contributed by atoms with van der Waals surface area (Å²) in [5.41, 5.74) is 4.23. The standard InChI is InChI=1S/C26H24N4O2/c1-17-9-12-28-24(25(31)18-6-5-11-27-14-18)23(17)26(32)30-13-10-19(15-30)21-16-29(2)22-8-4-3-7-20(21)22/h3-9,11-12,14,16,19H,10,13,15H2,1-2H3. The number of hydrogen-bond donors (Lipinski definition) is 0. The van der Waals surface area contributed by atoms with Gasteiger partial charge in [0.2, 0.25) is 5.78 Å². The molecule has 0 aliphatic carbocycles. The van der Waals surface area contributed by atoms with Crippen molar-refractivity contribution in [3.8, 4) is 0 Å². The van der Waals surface area contributed by atoms with Gasteiger partial charge in [-0.05, 0) is 48.7 Å². The van der Waals surface area contributed by atoms with E-state index >= 15 is 0 Å². The minimum Gasteiger partial charge on any atom is -0.350 e. The van der Waals surface area contributed by atoms with E-state index < -0.39 is 0 Å². The Hall–Kier alpha value is -3.80. The van der Waals surface area contributed by atoms with Crippen molar-refractivity contribution in [2.45, 2.75) is 19.3 Å². The summed E-state index contributed by atoms with van der Waals surface area (Å²) in [7, 11) is 2.05. The number of fused-ring (bicyclic) bond motifs is 1. The third-order valence-electron chi connectivity index (χ3n) is 6.36. The van der Waals surface area contributed by atoms with Gasteiger partial charge in [0.1, 0.15) is 5.69 Å². The largest absolute Gasteiger partial charge is 0.350 e. The van der Waals surface area contributed by atoms with Crippen LogP contribution < -0.4 is 0 Å². The van der Waals surface area contributed by atoms with Gasteiger partial charge in [-0.1, -0.05) is 18.2 Å². The average molecular weight is 425 g/mol. The maximum atomic E-state index is 13.6. The van der Waals surface area contributed by atoms with E-state index in [0.717, 1.165) is 12.0 Å². The van der Waals surface area contributed by atoms with Crippen molar-refractivity contribution < 1.29 is 9.59 Å². The number of likely N-dealkylation sites (tertiary alicyclic amines) is 1. The normalized spacial score (nSPS) is 15.9. The van der Waals surface area contributed by atoms with Gasteiger partial charge in [-0.2, -0.15) is 0 Å². The Labute approximate surface area is 186 Å². The van der Waals surface area contributed by atoms with Crippen molar-refractivity contribution in [1.82, 2.24) is 19.4 Å². The van der Waals surface area contributed by atoms with Crippen LogP contribution in [0.4, 0.5) is 0 Å². The number of aromatic nitrogens is 3. The van der Waals surface area contributed by atoms with Crippen LogP contribution in [0.25, 0.3) is 10.9 Å². The first kappa shape index (κ1) is 20.1. The Balaban J connectivity index is 1.45. The van der Waals surface area contributed by atoms with E-state index in [9.17, 15) is 9.59 Å². The fourth-order valence-electron chi connectivity index (χ4n) is 4.69. The molecule has 5 rings (SSSR count). The van der Waals surface area contributed by atoms with Gasteiger partial charge in [-0.15, -0.1) is 0 Å². The first-order valence-corrected chi connectivity index (χ1v) is 10.8. The Morgan fingerprint density at radius 3 is 2.72 bits per heavy atom. The van der Waals surface area contributed by atoms with Crippen LogP contribution in [0.1, 0.15) is 49.9 Å². The Morgan fingerprint density at radius 1 is 1.06 bits per heavy atom. The molecule has 1 aromatic carbocycles. The summed E-state index contributed by atoms with van der Waals surface area (Å²) in [5, 5.41) is 1.24. The lowest BCUT2D eigenvalue weighted by Crippen LogP contribution is -2.31. The van der Waals surface area contributed by atoms with Gasteiger partial charge in [0.15, 0.2) is 0 Å². The highest BCUT2D eigenvalue weighted by molar-refractivity contribution is 6.14. The number of rotatable bonds is 4. The van der Waals surface area contributed by atoms with Gasteiger partial charge in [-0.3, -0.25) is 19.6 Å². The number of ketones is 1. The second-order valence-electron chi connectivity index (χ2n) is 8.37. The number of carbonyl (C=O) groups excluding carboxylic acids is 2. The molecule has 32 heavy (non-hydrogen) atoms. The summed E-state index contributed by atoms with van der Waals surface area (Å²) in [5.74, 6) is -0.153. The molecule has 4 heterocycles. The Kier molecular flexibility index (Phi) is 5.05. The zero-order chi connectivity index (χ0) is 22.2. The summed E-state index contributed by atoms with van der Waals surface area (Å²) in [4.78, 5) is 36.9. The van der Waals surface area contributed by atoms with E-state index in [1.165, 1.54) is 22.7 Å². The molecule has 1 aliphatic heterocycles. The van der Waals surface area contributed by atoms with Crippen LogP contribution >= 0.6 is 0 Å². The quantitative estimate of drug-likeness (QED) is 0.462. The van der Waals surface area contributed by atoms with E-state index in [0.29, 0.717) is 24.2 Å². The van der Waals surface area contributed by atoms with Crippen LogP contribution in [0.2, 0.25) is 0 Å². The number of para-hydroxylation sites is 1. The highest BCUT2D eigenvalue weighted by atomic mass is 16.2. The molecule has 0 spiro atoms. The summed E-state index contributed by atoms with van der Waals surface area (Å²) >= 11 is 0. The van der Waals surface area contributed by atoms with Crippen molar-refractivity contribution in [2.75, 3.05) is 13.1 Å². The van der Waals surface area contributed by atoms with Crippen molar-refractivity contribution in [3.63, 3.8) is 0 Å². The number of pyridine rings is 2. The number of amides is 1. The smallest absolute Gasteiger partial charge is 0.256 e. The molecule has 0 bridgehead atoms. The summed E-state index contributed by atoms with van der Waals surface area (Å²) in [6, 6.07) is 13.5. The zero-order valence-corrected chi connectivity index (χ0v) is 18.2. The van der Waals surface area contributed by atoms with Gasteiger partial charge < -0.3 is 9.47 Å². The van der Waals surface area contributed by atoms with Gasteiger partial charge in [0.05, 0.1) is 5.56 Å². The first-order valence-electron chi connectivity index (χ1n) is 10.8. The number of hydrogen-bond acceptors (Lipinski definition) is 4. The third-order valence-corrected chi connectivity index (χ3v) is 6.36. The molecule has 6 nitrogen and oxygen atoms in total. The molecule has 1 unspecified atom stereocenters. The molecule has 1 fully saturated rings. The van der Waals surface area contributed by atoms with Crippen molar-refractivity contribution in [2.24, 2.45) is 7.05 Å². The lowest BCUT2D eigenvalue weighted by molar-refractivity contribution is 0.0784. The van der Waals surface area contributed by atoms with E-state index in [2.05, 4.69) is 46.0 Å². The number of carbonyl (C=O) groups is 2. The Bertz CT molecular complexity index is 1330. The zero-order valence-electron chi connectivity index (χ0n) is 18.2. The summed E-state index contributed by atoms with van der Waals surface area (Å²) in [6.45, 7) is 3.14. The predicted octanol–water partition coefficient (Wildman–Crippen LogP) is 4.14. The molecule has 1 saturated heterocycles. The lowest BCUT2D eigenvalue weighted by atomic mass is 9.98. The molecule has 4 aromatic rings. The Morgan fingerprint density at radius 2 is 1.91 bits per heavy atom. The van der Waals surface area contributed by atoms with E-state index in [1.54, 1.807) is 30.6 Å². The monoisotopic (exact) mass is 424 g/mol. The van der Waals surface area contributed by atoms with Crippen LogP contribution in [-0.2, 0) is 7.05 Å². The molecule has 160 valence electrons. The van der Waals surface area contributed by atoms with Gasteiger partial charge >= 0.3 is 0 Å².